The SMILES string of the molecule is O=C(NC1CCN(c2nccs2)CC1)NC(c1ccccc1)c1ccccc1. The summed E-state index contributed by atoms with van der Waals surface area (Å²) in [6.45, 7) is 1.83. The first-order valence-electron chi connectivity index (χ1n) is 9.61. The first-order chi connectivity index (χ1) is 13.8. The molecule has 1 aliphatic rings. The standard InChI is InChI=1S/C22H24N4OS/c27-21(24-19-11-14-26(15-12-19)22-23-13-16-28-22)25-20(17-7-3-1-4-8-17)18-9-5-2-6-10-18/h1-10,13,16,19-20H,11-12,14-15H2,(H2,24,25,27). The van der Waals surface area contributed by atoms with Gasteiger partial charge in [0, 0.05) is 30.7 Å². The number of piperidine rings is 1. The van der Waals surface area contributed by atoms with E-state index in [9.17, 15) is 4.79 Å². The molecule has 0 aliphatic carbocycles. The Bertz CT molecular complexity index is 823. The topological polar surface area (TPSA) is 57.3 Å². The van der Waals surface area contributed by atoms with Crippen molar-refractivity contribution in [1.82, 2.24) is 15.6 Å². The summed E-state index contributed by atoms with van der Waals surface area (Å²) in [4.78, 5) is 19.4. The number of hydrogen-bond acceptors (Lipinski definition) is 4. The number of aromatic nitrogens is 1. The van der Waals surface area contributed by atoms with Crippen LogP contribution in [0, 0.1) is 0 Å². The Hall–Kier alpha value is -2.86. The highest BCUT2D eigenvalue weighted by Crippen LogP contribution is 2.23. The molecule has 0 atom stereocenters. The van der Waals surface area contributed by atoms with Crippen molar-refractivity contribution in [3.05, 3.63) is 83.4 Å². The summed E-state index contributed by atoms with van der Waals surface area (Å²) < 4.78 is 0. The summed E-state index contributed by atoms with van der Waals surface area (Å²) in [6, 6.07) is 20.1. The number of carbonyl (C=O) groups excluding carboxylic acids is 1. The van der Waals surface area contributed by atoms with Crippen molar-refractivity contribution < 1.29 is 4.79 Å². The molecule has 0 radical (unpaired) electrons. The molecule has 28 heavy (non-hydrogen) atoms. The predicted octanol–water partition coefficient (Wildman–Crippen LogP) is 4.20. The molecule has 0 saturated carbocycles. The molecular formula is C22H24N4OS. The molecule has 5 nitrogen and oxygen atoms in total. The summed E-state index contributed by atoms with van der Waals surface area (Å²) in [5.41, 5.74) is 2.14. The number of nitrogens with one attached hydrogen (secondary N) is 2. The highest BCUT2D eigenvalue weighted by molar-refractivity contribution is 7.13. The lowest BCUT2D eigenvalue weighted by atomic mass is 9.99. The second kappa shape index (κ2) is 8.89. The zero-order valence-corrected chi connectivity index (χ0v) is 16.4. The summed E-state index contributed by atoms with van der Waals surface area (Å²) in [5, 5.41) is 9.39. The number of anilines is 1. The third-order valence-electron chi connectivity index (χ3n) is 5.06. The first kappa shape index (κ1) is 18.5. The minimum atomic E-state index is -0.169. The highest BCUT2D eigenvalue weighted by Gasteiger charge is 2.23. The third kappa shape index (κ3) is 4.51. The maximum Gasteiger partial charge on any atom is 0.315 e. The van der Waals surface area contributed by atoms with Crippen LogP contribution < -0.4 is 15.5 Å². The number of amides is 2. The lowest BCUT2D eigenvalue weighted by molar-refractivity contribution is 0.232. The molecular weight excluding hydrogens is 368 g/mol. The molecule has 144 valence electrons. The fourth-order valence-corrected chi connectivity index (χ4v) is 4.29. The Labute approximate surface area is 169 Å². The van der Waals surface area contributed by atoms with Gasteiger partial charge in [-0.1, -0.05) is 60.7 Å². The average molecular weight is 393 g/mol. The number of benzene rings is 2. The van der Waals surface area contributed by atoms with Crippen molar-refractivity contribution in [3.63, 3.8) is 0 Å². The van der Waals surface area contributed by atoms with Crippen LogP contribution in [0.5, 0.6) is 0 Å². The lowest BCUT2D eigenvalue weighted by Gasteiger charge is -2.32. The molecule has 1 aliphatic heterocycles. The average Bonchev–Trinajstić information content (AvgIpc) is 3.29. The molecule has 1 fully saturated rings. The van der Waals surface area contributed by atoms with Crippen LogP contribution in [-0.4, -0.2) is 30.1 Å². The Morgan fingerprint density at radius 2 is 1.61 bits per heavy atom. The van der Waals surface area contributed by atoms with Crippen LogP contribution in [0.3, 0.4) is 0 Å². The van der Waals surface area contributed by atoms with Crippen LogP contribution in [0.25, 0.3) is 0 Å². The smallest absolute Gasteiger partial charge is 0.315 e. The fourth-order valence-electron chi connectivity index (χ4n) is 3.60. The molecule has 0 spiro atoms. The van der Waals surface area contributed by atoms with Gasteiger partial charge in [0.05, 0.1) is 6.04 Å². The van der Waals surface area contributed by atoms with Crippen molar-refractivity contribution >= 4 is 22.5 Å². The van der Waals surface area contributed by atoms with E-state index < -0.39 is 0 Å². The van der Waals surface area contributed by atoms with E-state index in [0.717, 1.165) is 42.2 Å². The number of carbonyl (C=O) groups is 1. The maximum absolute atomic E-state index is 12.7. The van der Waals surface area contributed by atoms with E-state index in [1.165, 1.54) is 0 Å². The molecule has 2 heterocycles. The first-order valence-corrected chi connectivity index (χ1v) is 10.5. The van der Waals surface area contributed by atoms with Gasteiger partial charge in [-0.3, -0.25) is 0 Å². The van der Waals surface area contributed by atoms with E-state index in [1.54, 1.807) is 11.3 Å². The van der Waals surface area contributed by atoms with Gasteiger partial charge >= 0.3 is 6.03 Å². The van der Waals surface area contributed by atoms with Crippen LogP contribution in [0.4, 0.5) is 9.93 Å². The molecule has 1 saturated heterocycles. The molecule has 4 rings (SSSR count). The Balaban J connectivity index is 1.37. The van der Waals surface area contributed by atoms with Gasteiger partial charge in [-0.25, -0.2) is 9.78 Å². The zero-order valence-electron chi connectivity index (χ0n) is 15.6. The highest BCUT2D eigenvalue weighted by atomic mass is 32.1. The second-order valence-electron chi connectivity index (χ2n) is 6.95. The number of thiazole rings is 1. The number of urea groups is 1. The van der Waals surface area contributed by atoms with Crippen LogP contribution in [0.15, 0.2) is 72.2 Å². The quantitative estimate of drug-likeness (QED) is 0.684. The Kier molecular flexibility index (Phi) is 5.87. The van der Waals surface area contributed by atoms with Gasteiger partial charge in [-0.2, -0.15) is 0 Å². The van der Waals surface area contributed by atoms with E-state index in [2.05, 4.69) is 20.5 Å². The Morgan fingerprint density at radius 3 is 2.14 bits per heavy atom. The minimum Gasteiger partial charge on any atom is -0.348 e. The minimum absolute atomic E-state index is 0.120. The van der Waals surface area contributed by atoms with Gasteiger partial charge in [-0.15, -0.1) is 11.3 Å². The lowest BCUT2D eigenvalue weighted by Crippen LogP contribution is -2.48. The molecule has 3 aromatic rings. The van der Waals surface area contributed by atoms with Gasteiger partial charge in [0.2, 0.25) is 0 Å². The monoisotopic (exact) mass is 392 g/mol. The van der Waals surface area contributed by atoms with Gasteiger partial charge in [0.15, 0.2) is 5.13 Å². The zero-order chi connectivity index (χ0) is 19.2. The molecule has 2 aromatic carbocycles. The molecule has 2 N–H and O–H groups in total. The fraction of sp³-hybridized carbons (Fsp3) is 0.273. The summed E-state index contributed by atoms with van der Waals surface area (Å²) >= 11 is 1.66. The molecule has 1 aromatic heterocycles. The van der Waals surface area contributed by atoms with Crippen molar-refractivity contribution in [3.8, 4) is 0 Å². The van der Waals surface area contributed by atoms with Gasteiger partial charge < -0.3 is 15.5 Å². The molecule has 0 bridgehead atoms. The van der Waals surface area contributed by atoms with Crippen LogP contribution >= 0.6 is 11.3 Å². The van der Waals surface area contributed by atoms with E-state index in [4.69, 9.17) is 0 Å². The molecule has 0 unspecified atom stereocenters. The Morgan fingerprint density at radius 1 is 1.00 bits per heavy atom. The third-order valence-corrected chi connectivity index (χ3v) is 5.89. The van der Waals surface area contributed by atoms with Gasteiger partial charge in [-0.05, 0) is 24.0 Å². The van der Waals surface area contributed by atoms with Crippen LogP contribution in [0.2, 0.25) is 0 Å². The van der Waals surface area contributed by atoms with Crippen LogP contribution in [-0.2, 0) is 0 Å². The van der Waals surface area contributed by atoms with Crippen LogP contribution in [0.1, 0.15) is 30.0 Å². The molecule has 2 amide bonds. The second-order valence-corrected chi connectivity index (χ2v) is 7.82. The normalized spacial score (nSPS) is 14.8. The predicted molar refractivity (Wildman–Crippen MR) is 114 cm³/mol. The molecule has 6 heteroatoms. The van der Waals surface area contributed by atoms with Crippen molar-refractivity contribution in [1.29, 1.82) is 0 Å². The van der Waals surface area contributed by atoms with E-state index >= 15 is 0 Å². The summed E-state index contributed by atoms with van der Waals surface area (Å²) in [5.74, 6) is 0. The van der Waals surface area contributed by atoms with E-state index in [0.29, 0.717) is 0 Å². The van der Waals surface area contributed by atoms with Crippen molar-refractivity contribution in [2.45, 2.75) is 24.9 Å². The summed E-state index contributed by atoms with van der Waals surface area (Å²) in [7, 11) is 0. The number of nitrogens with zero attached hydrogens (tertiary/aromatic N) is 2. The summed E-state index contributed by atoms with van der Waals surface area (Å²) in [6.07, 6.45) is 3.69. The largest absolute Gasteiger partial charge is 0.348 e. The number of rotatable bonds is 5. The van der Waals surface area contributed by atoms with Gasteiger partial charge in [0.25, 0.3) is 0 Å². The van der Waals surface area contributed by atoms with Crippen molar-refractivity contribution in [2.75, 3.05) is 18.0 Å². The van der Waals surface area contributed by atoms with E-state index in [1.807, 2.05) is 72.2 Å². The maximum atomic E-state index is 12.7. The van der Waals surface area contributed by atoms with Crippen molar-refractivity contribution in [2.24, 2.45) is 0 Å². The van der Waals surface area contributed by atoms with Gasteiger partial charge in [0.1, 0.15) is 0 Å². The van der Waals surface area contributed by atoms with E-state index in [-0.39, 0.29) is 18.1 Å². The number of hydrogen-bond donors (Lipinski definition) is 2.